The molecule has 6 aliphatic rings. The number of carbonyl (C=O) groups is 3. The van der Waals surface area contributed by atoms with E-state index in [-0.39, 0.29) is 29.6 Å². The molecule has 4 saturated carbocycles. The first-order valence-corrected chi connectivity index (χ1v) is 12.7. The van der Waals surface area contributed by atoms with Gasteiger partial charge in [-0.2, -0.15) is 0 Å². The summed E-state index contributed by atoms with van der Waals surface area (Å²) in [6.07, 6.45) is 10.9. The number of imide groups is 1. The van der Waals surface area contributed by atoms with E-state index in [2.05, 4.69) is 29.2 Å². The van der Waals surface area contributed by atoms with E-state index in [9.17, 15) is 14.4 Å². The number of fused-ring (bicyclic) bond motifs is 1. The predicted molar refractivity (Wildman–Crippen MR) is 125 cm³/mol. The molecule has 176 valence electrons. The molecule has 8 rings (SSSR count). The van der Waals surface area contributed by atoms with Gasteiger partial charge in [0.05, 0.1) is 5.69 Å². The van der Waals surface area contributed by atoms with Crippen molar-refractivity contribution in [2.45, 2.75) is 69.4 Å². The normalized spacial score (nSPS) is 34.0. The molecule has 1 saturated heterocycles. The van der Waals surface area contributed by atoms with Gasteiger partial charge in [-0.15, -0.1) is 0 Å². The Morgan fingerprint density at radius 1 is 1.03 bits per heavy atom. The molecular formula is C27H30N4O3. The van der Waals surface area contributed by atoms with Crippen LogP contribution in [0.5, 0.6) is 0 Å². The summed E-state index contributed by atoms with van der Waals surface area (Å²) < 4.78 is 2.25. The average molecular weight is 459 g/mol. The molecule has 2 aromatic rings. The Bertz CT molecular complexity index is 1210. The third-order valence-electron chi connectivity index (χ3n) is 9.21. The summed E-state index contributed by atoms with van der Waals surface area (Å²) in [4.78, 5) is 43.7. The molecule has 1 unspecified atom stereocenters. The van der Waals surface area contributed by atoms with Crippen LogP contribution in [0, 0.1) is 17.8 Å². The van der Waals surface area contributed by atoms with Crippen LogP contribution in [0.25, 0.3) is 11.3 Å². The highest BCUT2D eigenvalue weighted by Gasteiger charge is 2.53. The molecule has 7 nitrogen and oxygen atoms in total. The predicted octanol–water partition coefficient (Wildman–Crippen LogP) is 3.32. The molecule has 3 heterocycles. The zero-order valence-corrected chi connectivity index (χ0v) is 19.5. The van der Waals surface area contributed by atoms with Crippen LogP contribution in [-0.2, 0) is 28.6 Å². The van der Waals surface area contributed by atoms with E-state index in [1.54, 1.807) is 4.90 Å². The minimum atomic E-state index is -0.585. The van der Waals surface area contributed by atoms with Crippen LogP contribution < -0.4 is 5.32 Å². The van der Waals surface area contributed by atoms with Crippen LogP contribution in [0.15, 0.2) is 24.4 Å². The lowest BCUT2D eigenvalue weighted by Gasteiger charge is -2.56. The zero-order chi connectivity index (χ0) is 23.2. The van der Waals surface area contributed by atoms with Gasteiger partial charge in [0.1, 0.15) is 11.9 Å². The van der Waals surface area contributed by atoms with E-state index in [0.29, 0.717) is 18.5 Å². The van der Waals surface area contributed by atoms with Crippen molar-refractivity contribution in [2.24, 2.45) is 24.8 Å². The van der Waals surface area contributed by atoms with Gasteiger partial charge in [0.15, 0.2) is 0 Å². The summed E-state index contributed by atoms with van der Waals surface area (Å²) in [5.41, 5.74) is 3.78. The third-order valence-corrected chi connectivity index (χ3v) is 9.21. The van der Waals surface area contributed by atoms with Crippen molar-refractivity contribution in [3.8, 4) is 11.3 Å². The topological polar surface area (TPSA) is 84.3 Å². The highest BCUT2D eigenvalue weighted by atomic mass is 16.2. The molecule has 1 aromatic carbocycles. The molecule has 3 amide bonds. The summed E-state index contributed by atoms with van der Waals surface area (Å²) in [6.45, 7) is 0.392. The number of nitrogens with one attached hydrogen (secondary N) is 1. The number of nitrogens with zero attached hydrogens (tertiary/aromatic N) is 3. The van der Waals surface area contributed by atoms with Crippen LogP contribution in [0.1, 0.15) is 73.1 Å². The maximum atomic E-state index is 13.0. The molecule has 5 fully saturated rings. The second kappa shape index (κ2) is 7.03. The van der Waals surface area contributed by atoms with Crippen molar-refractivity contribution >= 4 is 17.7 Å². The quantitative estimate of drug-likeness (QED) is 0.716. The minimum absolute atomic E-state index is 0.133. The smallest absolute Gasteiger partial charge is 0.255 e. The first-order valence-electron chi connectivity index (χ1n) is 12.7. The number of aromatic nitrogens is 2. The molecule has 0 spiro atoms. The Morgan fingerprint density at radius 2 is 1.74 bits per heavy atom. The summed E-state index contributed by atoms with van der Waals surface area (Å²) in [7, 11) is 2.13. The Morgan fingerprint density at radius 3 is 2.41 bits per heavy atom. The standard InChI is InChI=1S/C27H30N4O3/c1-30-14-21(28-26(30)27-10-15-6-16(11-27)8-17(7-15)12-27)18-2-3-20-19(9-18)13-31(25(20)34)22-4-5-23(32)29-24(22)33/h2-3,9,14-17,22H,4-8,10-13H2,1H3,(H,29,32,33). The van der Waals surface area contributed by atoms with Gasteiger partial charge in [-0.25, -0.2) is 4.98 Å². The Kier molecular flexibility index (Phi) is 4.22. The van der Waals surface area contributed by atoms with Gasteiger partial charge < -0.3 is 9.47 Å². The van der Waals surface area contributed by atoms with Crippen molar-refractivity contribution in [3.63, 3.8) is 0 Å². The van der Waals surface area contributed by atoms with Crippen LogP contribution in [-0.4, -0.2) is 38.2 Å². The van der Waals surface area contributed by atoms with E-state index in [4.69, 9.17) is 4.98 Å². The van der Waals surface area contributed by atoms with Gasteiger partial charge in [-0.05, 0) is 80.4 Å². The van der Waals surface area contributed by atoms with E-state index < -0.39 is 6.04 Å². The highest BCUT2D eigenvalue weighted by Crippen LogP contribution is 2.60. The number of amides is 3. The average Bonchev–Trinajstić information content (AvgIpc) is 3.33. The van der Waals surface area contributed by atoms with Gasteiger partial charge in [-0.3, -0.25) is 19.7 Å². The maximum Gasteiger partial charge on any atom is 0.255 e. The minimum Gasteiger partial charge on any atom is -0.337 e. The van der Waals surface area contributed by atoms with Crippen LogP contribution in [0.3, 0.4) is 0 Å². The molecule has 1 atom stereocenters. The van der Waals surface area contributed by atoms with Crippen molar-refractivity contribution in [1.82, 2.24) is 19.8 Å². The molecule has 4 aliphatic carbocycles. The van der Waals surface area contributed by atoms with Crippen molar-refractivity contribution < 1.29 is 14.4 Å². The van der Waals surface area contributed by atoms with Gasteiger partial charge in [0.25, 0.3) is 5.91 Å². The number of piperidine rings is 1. The Balaban J connectivity index is 1.18. The van der Waals surface area contributed by atoms with Gasteiger partial charge in [0, 0.05) is 42.8 Å². The largest absolute Gasteiger partial charge is 0.337 e. The molecule has 1 N–H and O–H groups in total. The number of carbonyl (C=O) groups excluding carboxylic acids is 3. The van der Waals surface area contributed by atoms with Crippen molar-refractivity contribution in [3.05, 3.63) is 41.3 Å². The second-order valence-corrected chi connectivity index (χ2v) is 11.5. The lowest BCUT2D eigenvalue weighted by atomic mass is 9.49. The lowest BCUT2D eigenvalue weighted by molar-refractivity contribution is -0.136. The second-order valence-electron chi connectivity index (χ2n) is 11.5. The summed E-state index contributed by atoms with van der Waals surface area (Å²) in [6, 6.07) is 5.33. The molecule has 1 aromatic heterocycles. The fourth-order valence-electron chi connectivity index (χ4n) is 8.22. The first-order chi connectivity index (χ1) is 16.4. The number of aryl methyl sites for hydroxylation is 1. The molecule has 2 aliphatic heterocycles. The number of rotatable bonds is 3. The number of hydrogen-bond acceptors (Lipinski definition) is 4. The van der Waals surface area contributed by atoms with Gasteiger partial charge >= 0.3 is 0 Å². The van der Waals surface area contributed by atoms with Crippen LogP contribution >= 0.6 is 0 Å². The van der Waals surface area contributed by atoms with Crippen LogP contribution in [0.2, 0.25) is 0 Å². The Labute approximate surface area is 198 Å². The molecular weight excluding hydrogens is 428 g/mol. The van der Waals surface area contributed by atoms with E-state index in [0.717, 1.165) is 34.6 Å². The van der Waals surface area contributed by atoms with E-state index in [1.165, 1.54) is 44.3 Å². The lowest BCUT2D eigenvalue weighted by Crippen LogP contribution is -2.52. The van der Waals surface area contributed by atoms with E-state index >= 15 is 0 Å². The number of benzene rings is 1. The molecule has 0 radical (unpaired) electrons. The summed E-state index contributed by atoms with van der Waals surface area (Å²) in [5, 5.41) is 2.37. The first kappa shape index (κ1) is 20.4. The number of imidazole rings is 1. The van der Waals surface area contributed by atoms with Gasteiger partial charge in [-0.1, -0.05) is 6.07 Å². The fraction of sp³-hybridized carbons (Fsp3) is 0.556. The summed E-state index contributed by atoms with van der Waals surface area (Å²) >= 11 is 0. The molecule has 7 heteroatoms. The summed E-state index contributed by atoms with van der Waals surface area (Å²) in [5.74, 6) is 3.08. The highest BCUT2D eigenvalue weighted by molar-refractivity contribution is 6.05. The van der Waals surface area contributed by atoms with Gasteiger partial charge in [0.2, 0.25) is 11.8 Å². The monoisotopic (exact) mass is 458 g/mol. The fourth-order valence-corrected chi connectivity index (χ4v) is 8.22. The van der Waals surface area contributed by atoms with E-state index in [1.807, 2.05) is 12.1 Å². The SMILES string of the molecule is Cn1cc(-c2ccc3c(c2)CN(C2CCC(=O)NC2=O)C3=O)nc1C12CC3CC(CC(C3)C1)C2. The maximum absolute atomic E-state index is 13.0. The molecule has 4 bridgehead atoms. The van der Waals surface area contributed by atoms with Crippen LogP contribution in [0.4, 0.5) is 0 Å². The number of hydrogen-bond donors (Lipinski definition) is 1. The molecule has 34 heavy (non-hydrogen) atoms. The third kappa shape index (κ3) is 2.95. The van der Waals surface area contributed by atoms with Crippen molar-refractivity contribution in [1.29, 1.82) is 0 Å². The van der Waals surface area contributed by atoms with Crippen molar-refractivity contribution in [2.75, 3.05) is 0 Å². The zero-order valence-electron chi connectivity index (χ0n) is 19.5. The Hall–Kier alpha value is -2.96.